The minimum Gasteiger partial charge on any atom is -0.484 e. The highest BCUT2D eigenvalue weighted by atomic mass is 19.4. The number of benzene rings is 1. The summed E-state index contributed by atoms with van der Waals surface area (Å²) in [4.78, 5) is 12.0. The quantitative estimate of drug-likeness (QED) is 0.747. The van der Waals surface area contributed by atoms with Crippen molar-refractivity contribution < 1.29 is 46.1 Å². The van der Waals surface area contributed by atoms with Gasteiger partial charge in [-0.2, -0.15) is 26.3 Å². The van der Waals surface area contributed by atoms with Gasteiger partial charge in [0.05, 0.1) is 11.7 Å². The number of hydrogen-bond acceptors (Lipinski definition) is 3. The van der Waals surface area contributed by atoms with Crippen molar-refractivity contribution in [2.24, 2.45) is 5.92 Å². The molecule has 1 unspecified atom stereocenters. The van der Waals surface area contributed by atoms with Gasteiger partial charge in [-0.05, 0) is 30.9 Å². The molecule has 2 N–H and O–H groups in total. The molecule has 1 aliphatic heterocycles. The molecule has 11 heteroatoms. The second kappa shape index (κ2) is 7.83. The molecule has 5 nitrogen and oxygen atoms in total. The van der Waals surface area contributed by atoms with Crippen molar-refractivity contribution in [1.82, 2.24) is 4.90 Å². The molecule has 1 atom stereocenters. The van der Waals surface area contributed by atoms with E-state index >= 15 is 0 Å². The molecule has 1 fully saturated rings. The van der Waals surface area contributed by atoms with Crippen molar-refractivity contribution in [2.75, 3.05) is 19.7 Å². The van der Waals surface area contributed by atoms with Crippen molar-refractivity contribution in [3.63, 3.8) is 0 Å². The van der Waals surface area contributed by atoms with Crippen LogP contribution in [-0.4, -0.2) is 47.1 Å². The van der Waals surface area contributed by atoms with E-state index in [1.165, 1.54) is 0 Å². The summed E-state index contributed by atoms with van der Waals surface area (Å²) < 4.78 is 80.3. The molecule has 0 radical (unpaired) electrons. The average Bonchev–Trinajstić information content (AvgIpc) is 2.57. The lowest BCUT2D eigenvalue weighted by Crippen LogP contribution is -2.38. The number of alkyl halides is 6. The number of hydrogen-bond donors (Lipinski definition) is 2. The number of rotatable bonds is 4. The molecule has 1 aromatic rings. The Hall–Kier alpha value is -2.17. The largest absolute Gasteiger partial charge is 0.484 e. The van der Waals surface area contributed by atoms with Crippen LogP contribution in [0.1, 0.15) is 30.1 Å². The van der Waals surface area contributed by atoms with Crippen LogP contribution in [0, 0.1) is 5.92 Å². The Balaban J connectivity index is 2.24. The predicted octanol–water partition coefficient (Wildman–Crippen LogP) is 4.07. The lowest BCUT2D eigenvalue weighted by molar-refractivity contribution is -0.154. The number of likely N-dealkylation sites (tertiary alicyclic amines) is 1. The smallest absolute Gasteiger partial charge is 0.422 e. The number of piperidine rings is 1. The number of amides is 1. The SMILES string of the molecule is O=C(O)N1CCC(C(O)c2ccc(C(F)(F)F)cc2OCC(F)(F)F)CC1. The first-order chi connectivity index (χ1) is 12.4. The van der Waals surface area contributed by atoms with Crippen LogP contribution in [0.5, 0.6) is 5.75 Å². The minimum atomic E-state index is -4.79. The van der Waals surface area contributed by atoms with Crippen LogP contribution in [0.25, 0.3) is 0 Å². The molecule has 1 saturated heterocycles. The highest BCUT2D eigenvalue weighted by molar-refractivity contribution is 5.65. The summed E-state index contributed by atoms with van der Waals surface area (Å²) in [6.45, 7) is -1.58. The molecule has 0 bridgehead atoms. The Morgan fingerprint density at radius 2 is 1.78 bits per heavy atom. The molecule has 0 spiro atoms. The summed E-state index contributed by atoms with van der Waals surface area (Å²) in [5.74, 6) is -1.22. The Bertz CT molecular complexity index is 668. The highest BCUT2D eigenvalue weighted by Gasteiger charge is 2.35. The molecule has 1 aliphatic rings. The summed E-state index contributed by atoms with van der Waals surface area (Å²) in [5.41, 5.74) is -1.39. The molecule has 2 rings (SSSR count). The first kappa shape index (κ1) is 21.1. The zero-order valence-corrected chi connectivity index (χ0v) is 13.8. The second-order valence-electron chi connectivity index (χ2n) is 6.21. The number of carboxylic acid groups (broad SMARTS) is 1. The topological polar surface area (TPSA) is 70.0 Å². The molecule has 1 amide bonds. The van der Waals surface area contributed by atoms with Gasteiger partial charge >= 0.3 is 18.4 Å². The summed E-state index contributed by atoms with van der Waals surface area (Å²) in [7, 11) is 0. The van der Waals surface area contributed by atoms with Gasteiger partial charge in [0.25, 0.3) is 0 Å². The molecule has 0 aliphatic carbocycles. The van der Waals surface area contributed by atoms with E-state index in [0.717, 1.165) is 11.0 Å². The predicted molar refractivity (Wildman–Crippen MR) is 80.3 cm³/mol. The van der Waals surface area contributed by atoms with E-state index in [-0.39, 0.29) is 31.5 Å². The van der Waals surface area contributed by atoms with Gasteiger partial charge in [0.1, 0.15) is 5.75 Å². The number of aliphatic hydroxyl groups is 1. The maximum Gasteiger partial charge on any atom is 0.422 e. The summed E-state index contributed by atoms with van der Waals surface area (Å²) in [6.07, 6.45) is -11.6. The number of nitrogens with zero attached hydrogens (tertiary/aromatic N) is 1. The maximum absolute atomic E-state index is 12.8. The van der Waals surface area contributed by atoms with E-state index in [0.29, 0.717) is 12.1 Å². The van der Waals surface area contributed by atoms with Gasteiger partial charge in [-0.25, -0.2) is 4.79 Å². The number of carbonyl (C=O) groups is 1. The van der Waals surface area contributed by atoms with Crippen molar-refractivity contribution in [3.8, 4) is 5.75 Å². The summed E-state index contributed by atoms with van der Waals surface area (Å²) in [6, 6.07) is 1.98. The van der Waals surface area contributed by atoms with Crippen molar-refractivity contribution in [1.29, 1.82) is 0 Å². The Morgan fingerprint density at radius 3 is 2.26 bits per heavy atom. The van der Waals surface area contributed by atoms with Gasteiger partial charge in [0.2, 0.25) is 0 Å². The monoisotopic (exact) mass is 401 g/mol. The first-order valence-electron chi connectivity index (χ1n) is 7.95. The van der Waals surface area contributed by atoms with E-state index in [1.807, 2.05) is 0 Å². The molecular formula is C16H17F6NO4. The Morgan fingerprint density at radius 1 is 1.19 bits per heavy atom. The Kier molecular flexibility index (Phi) is 6.13. The Labute approximate surface area is 150 Å². The molecule has 1 heterocycles. The van der Waals surface area contributed by atoms with Crippen molar-refractivity contribution in [2.45, 2.75) is 31.3 Å². The summed E-state index contributed by atoms with van der Waals surface area (Å²) >= 11 is 0. The van der Waals surface area contributed by atoms with Gasteiger partial charge in [0, 0.05) is 18.7 Å². The minimum absolute atomic E-state index is 0.108. The van der Waals surface area contributed by atoms with Crippen LogP contribution < -0.4 is 4.74 Å². The third-order valence-electron chi connectivity index (χ3n) is 4.31. The third kappa shape index (κ3) is 5.65. The van der Waals surface area contributed by atoms with Crippen LogP contribution in [0.15, 0.2) is 18.2 Å². The van der Waals surface area contributed by atoms with Gasteiger partial charge in [-0.3, -0.25) is 0 Å². The zero-order chi connectivity index (χ0) is 20.4. The number of ether oxygens (including phenoxy) is 1. The fourth-order valence-electron chi connectivity index (χ4n) is 2.90. The molecule has 27 heavy (non-hydrogen) atoms. The van der Waals surface area contributed by atoms with E-state index in [9.17, 15) is 36.2 Å². The van der Waals surface area contributed by atoms with Crippen LogP contribution in [-0.2, 0) is 6.18 Å². The van der Waals surface area contributed by atoms with Crippen molar-refractivity contribution in [3.05, 3.63) is 29.3 Å². The van der Waals surface area contributed by atoms with E-state index < -0.39 is 48.4 Å². The average molecular weight is 401 g/mol. The molecule has 152 valence electrons. The molecular weight excluding hydrogens is 384 g/mol. The zero-order valence-electron chi connectivity index (χ0n) is 13.8. The number of aliphatic hydroxyl groups excluding tert-OH is 1. The van der Waals surface area contributed by atoms with Crippen molar-refractivity contribution >= 4 is 6.09 Å². The second-order valence-corrected chi connectivity index (χ2v) is 6.21. The van der Waals surface area contributed by atoms with Gasteiger partial charge in [-0.15, -0.1) is 0 Å². The fourth-order valence-corrected chi connectivity index (χ4v) is 2.90. The van der Waals surface area contributed by atoms with Gasteiger partial charge in [-0.1, -0.05) is 6.07 Å². The maximum atomic E-state index is 12.8. The van der Waals surface area contributed by atoms with Crippen LogP contribution in [0.4, 0.5) is 31.1 Å². The van der Waals surface area contributed by atoms with Crippen LogP contribution >= 0.6 is 0 Å². The van der Waals surface area contributed by atoms with E-state index in [2.05, 4.69) is 4.74 Å². The lowest BCUT2D eigenvalue weighted by atomic mass is 9.87. The van der Waals surface area contributed by atoms with Crippen LogP contribution in [0.3, 0.4) is 0 Å². The molecule has 1 aromatic carbocycles. The molecule has 0 aromatic heterocycles. The van der Waals surface area contributed by atoms with E-state index in [1.54, 1.807) is 0 Å². The standard InChI is InChI=1S/C16H17F6NO4/c17-15(18,19)8-27-12-7-10(16(20,21)22)1-2-11(12)13(24)9-3-5-23(6-4-9)14(25)26/h1-2,7,9,13,24H,3-6,8H2,(H,25,26). The first-order valence-corrected chi connectivity index (χ1v) is 7.95. The van der Waals surface area contributed by atoms with Crippen LogP contribution in [0.2, 0.25) is 0 Å². The normalized spacial score (nSPS) is 17.7. The molecule has 0 saturated carbocycles. The lowest BCUT2D eigenvalue weighted by Gasteiger charge is -2.33. The third-order valence-corrected chi connectivity index (χ3v) is 4.31. The van der Waals surface area contributed by atoms with E-state index in [4.69, 9.17) is 5.11 Å². The number of halogens is 6. The summed E-state index contributed by atoms with van der Waals surface area (Å²) in [5, 5.41) is 19.4. The highest BCUT2D eigenvalue weighted by Crippen LogP contribution is 2.39. The fraction of sp³-hybridized carbons (Fsp3) is 0.562. The van der Waals surface area contributed by atoms with Gasteiger partial charge in [0.15, 0.2) is 6.61 Å². The van der Waals surface area contributed by atoms with Gasteiger partial charge < -0.3 is 19.8 Å².